The second kappa shape index (κ2) is 6.79. The number of amides is 1. The van der Waals surface area contributed by atoms with E-state index in [-0.39, 0.29) is 24.8 Å². The van der Waals surface area contributed by atoms with Crippen molar-refractivity contribution < 1.29 is 13.9 Å². The molecule has 16 heavy (non-hydrogen) atoms. The average molecular weight is 226 g/mol. The van der Waals surface area contributed by atoms with Gasteiger partial charge in [-0.1, -0.05) is 0 Å². The van der Waals surface area contributed by atoms with Gasteiger partial charge in [0.2, 0.25) is 5.91 Å². The number of hydrogen-bond acceptors (Lipinski definition) is 3. The van der Waals surface area contributed by atoms with Crippen LogP contribution in [-0.2, 0) is 4.79 Å². The van der Waals surface area contributed by atoms with Gasteiger partial charge in [-0.25, -0.2) is 4.39 Å². The molecule has 0 saturated heterocycles. The van der Waals surface area contributed by atoms with Gasteiger partial charge in [0, 0.05) is 13.1 Å². The van der Waals surface area contributed by atoms with Crippen LogP contribution in [0.1, 0.15) is 6.42 Å². The number of halogens is 1. The fourth-order valence-electron chi connectivity index (χ4n) is 1.09. The maximum Gasteiger partial charge on any atom is 0.223 e. The van der Waals surface area contributed by atoms with Gasteiger partial charge in [0.05, 0.1) is 13.0 Å². The molecule has 0 fully saturated rings. The summed E-state index contributed by atoms with van der Waals surface area (Å²) in [5.41, 5.74) is 5.23. The number of carbonyl (C=O) groups is 1. The number of hydrogen-bond donors (Lipinski definition) is 2. The molecule has 0 aliphatic rings. The van der Waals surface area contributed by atoms with Crippen LogP contribution in [0.3, 0.4) is 0 Å². The van der Waals surface area contributed by atoms with E-state index in [4.69, 9.17) is 10.5 Å². The van der Waals surface area contributed by atoms with E-state index in [1.54, 1.807) is 0 Å². The Labute approximate surface area is 93.6 Å². The molecule has 88 valence electrons. The number of nitrogens with two attached hydrogens (primary N) is 1. The van der Waals surface area contributed by atoms with Crippen LogP contribution >= 0.6 is 0 Å². The fraction of sp³-hybridized carbons (Fsp3) is 0.364. The van der Waals surface area contributed by atoms with Crippen molar-refractivity contribution >= 4 is 5.91 Å². The summed E-state index contributed by atoms with van der Waals surface area (Å²) in [7, 11) is 0. The van der Waals surface area contributed by atoms with Crippen molar-refractivity contribution in [1.82, 2.24) is 5.32 Å². The first kappa shape index (κ1) is 12.4. The monoisotopic (exact) mass is 226 g/mol. The molecule has 1 aromatic rings. The van der Waals surface area contributed by atoms with E-state index in [1.807, 2.05) is 0 Å². The van der Waals surface area contributed by atoms with Crippen molar-refractivity contribution in [2.75, 3.05) is 19.7 Å². The third kappa shape index (κ3) is 4.75. The summed E-state index contributed by atoms with van der Waals surface area (Å²) in [4.78, 5) is 11.1. The Kier molecular flexibility index (Phi) is 5.28. The van der Waals surface area contributed by atoms with Gasteiger partial charge >= 0.3 is 0 Å². The van der Waals surface area contributed by atoms with Crippen LogP contribution in [0.25, 0.3) is 0 Å². The van der Waals surface area contributed by atoms with Crippen LogP contribution in [0.15, 0.2) is 24.3 Å². The van der Waals surface area contributed by atoms with Gasteiger partial charge in [-0.15, -0.1) is 0 Å². The van der Waals surface area contributed by atoms with Crippen molar-refractivity contribution in [2.45, 2.75) is 6.42 Å². The highest BCUT2D eigenvalue weighted by molar-refractivity contribution is 5.75. The summed E-state index contributed by atoms with van der Waals surface area (Å²) < 4.78 is 17.8. The summed E-state index contributed by atoms with van der Waals surface area (Å²) in [6.45, 7) is 1.15. The Bertz CT molecular complexity index is 327. The normalized spacial score (nSPS) is 9.88. The lowest BCUT2D eigenvalue weighted by Gasteiger charge is -2.06. The lowest BCUT2D eigenvalue weighted by molar-refractivity contribution is -0.121. The first-order chi connectivity index (χ1) is 7.72. The summed E-state index contributed by atoms with van der Waals surface area (Å²) in [6, 6.07) is 5.66. The van der Waals surface area contributed by atoms with Gasteiger partial charge in [-0.3, -0.25) is 4.79 Å². The molecule has 1 rings (SSSR count). The second-order valence-electron chi connectivity index (χ2n) is 3.19. The molecular formula is C11H15FN2O2. The van der Waals surface area contributed by atoms with E-state index in [9.17, 15) is 9.18 Å². The predicted octanol–water partition coefficient (Wildman–Crippen LogP) is 0.669. The van der Waals surface area contributed by atoms with E-state index in [0.717, 1.165) is 0 Å². The van der Waals surface area contributed by atoms with E-state index in [1.165, 1.54) is 24.3 Å². The number of nitrogens with one attached hydrogen (secondary N) is 1. The number of ether oxygens (including phenoxy) is 1. The molecule has 3 N–H and O–H groups in total. The predicted molar refractivity (Wildman–Crippen MR) is 58.6 cm³/mol. The summed E-state index contributed by atoms with van der Waals surface area (Å²) in [5.74, 6) is 0.133. The van der Waals surface area contributed by atoms with Crippen molar-refractivity contribution in [3.05, 3.63) is 30.1 Å². The smallest absolute Gasteiger partial charge is 0.223 e. The molecule has 0 saturated carbocycles. The SMILES string of the molecule is NCCNC(=O)CCOc1ccc(F)cc1. The van der Waals surface area contributed by atoms with Gasteiger partial charge in [0.25, 0.3) is 0 Å². The summed E-state index contributed by atoms with van der Waals surface area (Å²) in [5, 5.41) is 2.62. The summed E-state index contributed by atoms with van der Waals surface area (Å²) in [6.07, 6.45) is 0.261. The van der Waals surface area contributed by atoms with Crippen molar-refractivity contribution in [2.24, 2.45) is 5.73 Å². The van der Waals surface area contributed by atoms with Crippen molar-refractivity contribution in [1.29, 1.82) is 0 Å². The molecule has 0 spiro atoms. The second-order valence-corrected chi connectivity index (χ2v) is 3.19. The molecule has 1 amide bonds. The molecule has 0 heterocycles. The Morgan fingerprint density at radius 1 is 1.38 bits per heavy atom. The topological polar surface area (TPSA) is 64.3 Å². The highest BCUT2D eigenvalue weighted by atomic mass is 19.1. The maximum absolute atomic E-state index is 12.5. The zero-order valence-electron chi connectivity index (χ0n) is 8.91. The zero-order valence-corrected chi connectivity index (χ0v) is 8.91. The molecule has 5 heteroatoms. The van der Waals surface area contributed by atoms with Gasteiger partial charge in [0.15, 0.2) is 0 Å². The lowest BCUT2D eigenvalue weighted by atomic mass is 10.3. The maximum atomic E-state index is 12.5. The Hall–Kier alpha value is -1.62. The molecule has 0 unspecified atom stereocenters. The third-order valence-corrected chi connectivity index (χ3v) is 1.88. The molecule has 0 aromatic heterocycles. The van der Waals surface area contributed by atoms with Gasteiger partial charge in [0.1, 0.15) is 11.6 Å². The summed E-state index contributed by atoms with van der Waals surface area (Å²) >= 11 is 0. The molecule has 1 aromatic carbocycles. The van der Waals surface area contributed by atoms with E-state index in [2.05, 4.69) is 5.32 Å². The molecule has 0 atom stereocenters. The molecule has 0 bridgehead atoms. The van der Waals surface area contributed by atoms with Crippen LogP contribution in [-0.4, -0.2) is 25.6 Å². The van der Waals surface area contributed by atoms with E-state index >= 15 is 0 Å². The first-order valence-corrected chi connectivity index (χ1v) is 5.07. The highest BCUT2D eigenvalue weighted by Crippen LogP contribution is 2.10. The third-order valence-electron chi connectivity index (χ3n) is 1.88. The Morgan fingerprint density at radius 2 is 2.06 bits per heavy atom. The van der Waals surface area contributed by atoms with E-state index in [0.29, 0.717) is 18.8 Å². The minimum absolute atomic E-state index is 0.104. The molecule has 4 nitrogen and oxygen atoms in total. The van der Waals surface area contributed by atoms with Gasteiger partial charge < -0.3 is 15.8 Å². The number of carbonyl (C=O) groups excluding carboxylic acids is 1. The molecular weight excluding hydrogens is 211 g/mol. The van der Waals surface area contributed by atoms with Crippen LogP contribution < -0.4 is 15.8 Å². The minimum Gasteiger partial charge on any atom is -0.493 e. The van der Waals surface area contributed by atoms with E-state index < -0.39 is 0 Å². The van der Waals surface area contributed by atoms with Gasteiger partial charge in [-0.05, 0) is 24.3 Å². The van der Waals surface area contributed by atoms with Crippen LogP contribution in [0, 0.1) is 5.82 Å². The standard InChI is InChI=1S/C11H15FN2O2/c12-9-1-3-10(4-2-9)16-8-5-11(15)14-7-6-13/h1-4H,5-8,13H2,(H,14,15). The largest absolute Gasteiger partial charge is 0.493 e. The minimum atomic E-state index is -0.312. The van der Waals surface area contributed by atoms with Gasteiger partial charge in [-0.2, -0.15) is 0 Å². The highest BCUT2D eigenvalue weighted by Gasteiger charge is 2.00. The fourth-order valence-corrected chi connectivity index (χ4v) is 1.09. The van der Waals surface area contributed by atoms with Crippen LogP contribution in [0.5, 0.6) is 5.75 Å². The molecule has 0 aliphatic carbocycles. The van der Waals surface area contributed by atoms with Crippen molar-refractivity contribution in [3.63, 3.8) is 0 Å². The number of benzene rings is 1. The molecule has 0 radical (unpaired) electrons. The van der Waals surface area contributed by atoms with Crippen LogP contribution in [0.2, 0.25) is 0 Å². The Balaban J connectivity index is 2.20. The Morgan fingerprint density at radius 3 is 2.69 bits per heavy atom. The first-order valence-electron chi connectivity index (χ1n) is 5.07. The quantitative estimate of drug-likeness (QED) is 0.749. The number of rotatable bonds is 6. The lowest BCUT2D eigenvalue weighted by Crippen LogP contribution is -2.29. The van der Waals surface area contributed by atoms with Crippen LogP contribution in [0.4, 0.5) is 4.39 Å². The zero-order chi connectivity index (χ0) is 11.8. The van der Waals surface area contributed by atoms with Crippen molar-refractivity contribution in [3.8, 4) is 5.75 Å². The average Bonchev–Trinajstić information content (AvgIpc) is 2.29. The molecule has 0 aliphatic heterocycles.